The summed E-state index contributed by atoms with van der Waals surface area (Å²) in [6, 6.07) is 69.0. The van der Waals surface area contributed by atoms with Gasteiger partial charge >= 0.3 is 0 Å². The van der Waals surface area contributed by atoms with Gasteiger partial charge in [-0.2, -0.15) is 0 Å². The molecule has 1 aliphatic heterocycles. The summed E-state index contributed by atoms with van der Waals surface area (Å²) in [5, 5.41) is 9.82. The summed E-state index contributed by atoms with van der Waals surface area (Å²) in [6.45, 7) is 2.38. The van der Waals surface area contributed by atoms with Crippen molar-refractivity contribution in [1.82, 2.24) is 9.88 Å². The number of fused-ring (bicyclic) bond motifs is 7. The first-order valence-electron chi connectivity index (χ1n) is 21.0. The van der Waals surface area contributed by atoms with Crippen LogP contribution in [0.1, 0.15) is 42.0 Å². The molecule has 10 aromatic rings. The molecule has 0 fully saturated rings. The van der Waals surface area contributed by atoms with Crippen LogP contribution in [0.5, 0.6) is 0 Å². The van der Waals surface area contributed by atoms with Crippen molar-refractivity contribution in [2.24, 2.45) is 9.98 Å². The lowest BCUT2D eigenvalue weighted by Gasteiger charge is -2.38. The summed E-state index contributed by atoms with van der Waals surface area (Å²) >= 11 is 0. The second-order valence-electron chi connectivity index (χ2n) is 16.4. The highest BCUT2D eigenvalue weighted by atomic mass is 16.3. The average Bonchev–Trinajstić information content (AvgIpc) is 3.87. The minimum absolute atomic E-state index is 0.472. The smallest absolute Gasteiger partial charge is 0.169 e. The number of para-hydroxylation sites is 2. The Kier molecular flexibility index (Phi) is 8.04. The number of rotatable bonds is 6. The largest absolute Gasteiger partial charge is 0.456 e. The quantitative estimate of drug-likeness (QED) is 0.183. The lowest BCUT2D eigenvalue weighted by atomic mass is 9.78. The van der Waals surface area contributed by atoms with E-state index in [9.17, 15) is 0 Å². The fourth-order valence-electron chi connectivity index (χ4n) is 9.78. The first-order valence-corrected chi connectivity index (χ1v) is 21.0. The van der Waals surface area contributed by atoms with Gasteiger partial charge in [0.25, 0.3) is 0 Å². The molecule has 2 aliphatic rings. The molecule has 12 rings (SSSR count). The molecule has 2 unspecified atom stereocenters. The van der Waals surface area contributed by atoms with E-state index >= 15 is 0 Å². The van der Waals surface area contributed by atoms with E-state index in [0.29, 0.717) is 6.42 Å². The van der Waals surface area contributed by atoms with E-state index in [1.54, 1.807) is 0 Å². The van der Waals surface area contributed by atoms with Crippen LogP contribution in [0.3, 0.4) is 0 Å². The molecule has 3 heterocycles. The molecule has 0 saturated carbocycles. The van der Waals surface area contributed by atoms with Crippen LogP contribution in [0.25, 0.3) is 71.9 Å². The molecule has 2 atom stereocenters. The Hall–Kier alpha value is -7.76. The molecular formula is C56H40N4O. The topological polar surface area (TPSA) is 54.8 Å². The lowest BCUT2D eigenvalue weighted by Crippen LogP contribution is -2.41. The van der Waals surface area contributed by atoms with Gasteiger partial charge in [-0.1, -0.05) is 164 Å². The van der Waals surface area contributed by atoms with Gasteiger partial charge in [-0.25, -0.2) is 9.98 Å². The average molecular weight is 785 g/mol. The Morgan fingerprint density at radius 3 is 1.92 bits per heavy atom. The minimum atomic E-state index is -0.575. The van der Waals surface area contributed by atoms with Gasteiger partial charge in [0.05, 0.1) is 11.1 Å². The predicted molar refractivity (Wildman–Crippen MR) is 252 cm³/mol. The summed E-state index contributed by atoms with van der Waals surface area (Å²) in [7, 11) is 0. The Morgan fingerprint density at radius 2 is 1.13 bits per heavy atom. The van der Waals surface area contributed by atoms with Gasteiger partial charge in [0.2, 0.25) is 0 Å². The van der Waals surface area contributed by atoms with Crippen molar-refractivity contribution in [2.45, 2.75) is 25.0 Å². The number of amidine groups is 2. The molecule has 0 saturated heterocycles. The molecule has 1 N–H and O–H groups in total. The maximum atomic E-state index is 6.84. The van der Waals surface area contributed by atoms with Crippen molar-refractivity contribution in [1.29, 1.82) is 0 Å². The van der Waals surface area contributed by atoms with Gasteiger partial charge in [0.1, 0.15) is 23.0 Å². The number of nitrogens with zero attached hydrogens (tertiary/aromatic N) is 3. The molecule has 0 bridgehead atoms. The fourth-order valence-corrected chi connectivity index (χ4v) is 9.78. The fraction of sp³-hybridized carbons (Fsp3) is 0.0714. The first-order chi connectivity index (χ1) is 30.1. The molecule has 0 spiro atoms. The van der Waals surface area contributed by atoms with Crippen molar-refractivity contribution in [3.63, 3.8) is 0 Å². The Morgan fingerprint density at radius 1 is 0.525 bits per heavy atom. The highest BCUT2D eigenvalue weighted by molar-refractivity contribution is 6.18. The zero-order chi connectivity index (χ0) is 40.5. The summed E-state index contributed by atoms with van der Waals surface area (Å²) in [4.78, 5) is 10.8. The lowest BCUT2D eigenvalue weighted by molar-refractivity contribution is 0.406. The van der Waals surface area contributed by atoms with Gasteiger partial charge < -0.3 is 14.3 Å². The molecule has 290 valence electrons. The maximum Gasteiger partial charge on any atom is 0.169 e. The van der Waals surface area contributed by atoms with Gasteiger partial charge in [-0.05, 0) is 81.9 Å². The third-order valence-corrected chi connectivity index (χ3v) is 12.6. The predicted octanol–water partition coefficient (Wildman–Crippen LogP) is 13.7. The molecule has 8 aromatic carbocycles. The van der Waals surface area contributed by atoms with E-state index in [4.69, 9.17) is 14.4 Å². The number of aliphatic imine (C=N–C) groups is 2. The standard InChI is InChI=1S/C56H40N4O/c1-56(60-48-25-12-10-23-45(48)47-32-41-19-8-9-20-42(41)33-49(47)60)35-44(34-51-52(56)46-24-11-13-26-50(46)61-51)55-58-53(39-29-27-38(28-30-39)36-15-4-2-5-16-36)57-54(59-55)43-22-14-21-40(31-43)37-17-6-3-7-18-37/h2-34,53H,35H2,1H3,(H,57,58,59). The monoisotopic (exact) mass is 784 g/mol. The summed E-state index contributed by atoms with van der Waals surface area (Å²) in [6.07, 6.45) is 2.40. The second-order valence-corrected chi connectivity index (χ2v) is 16.4. The van der Waals surface area contributed by atoms with Crippen molar-refractivity contribution in [3.05, 3.63) is 222 Å². The second kappa shape index (κ2) is 13.9. The number of benzene rings is 8. The van der Waals surface area contributed by atoms with Gasteiger partial charge in [-0.3, -0.25) is 0 Å². The number of hydrogen-bond donors (Lipinski definition) is 1. The Labute approximate surface area is 353 Å². The normalized spacial score (nSPS) is 17.5. The molecule has 0 amide bonds. The van der Waals surface area contributed by atoms with E-state index < -0.39 is 11.7 Å². The third-order valence-electron chi connectivity index (χ3n) is 12.6. The van der Waals surface area contributed by atoms with Crippen LogP contribution in [0, 0.1) is 0 Å². The van der Waals surface area contributed by atoms with Crippen LogP contribution in [0.4, 0.5) is 0 Å². The highest BCUT2D eigenvalue weighted by Gasteiger charge is 2.42. The number of hydrogen-bond acceptors (Lipinski definition) is 4. The van der Waals surface area contributed by atoms with E-state index in [2.05, 4.69) is 217 Å². The summed E-state index contributed by atoms with van der Waals surface area (Å²) in [5.74, 6) is 2.41. The Balaban J connectivity index is 1.04. The van der Waals surface area contributed by atoms with Crippen LogP contribution in [-0.2, 0) is 5.54 Å². The maximum absolute atomic E-state index is 6.84. The molecular weight excluding hydrogens is 745 g/mol. The van der Waals surface area contributed by atoms with E-state index in [-0.39, 0.29) is 0 Å². The van der Waals surface area contributed by atoms with E-state index in [1.807, 2.05) is 0 Å². The molecule has 1 aliphatic carbocycles. The summed E-state index contributed by atoms with van der Waals surface area (Å²) < 4.78 is 9.41. The zero-order valence-electron chi connectivity index (χ0n) is 33.6. The number of furan rings is 1. The SMILES string of the molecule is CC1(n2c3ccccc3c3cc4ccccc4cc32)CC(C2=NC(c3ccc(-c4ccccc4)cc3)N=C(c3cccc(-c4ccccc4)c3)N2)=Cc2oc3ccccc3c21. The third kappa shape index (κ3) is 5.84. The van der Waals surface area contributed by atoms with Gasteiger partial charge in [0, 0.05) is 44.8 Å². The van der Waals surface area contributed by atoms with Gasteiger partial charge in [-0.15, -0.1) is 0 Å². The molecule has 5 heteroatoms. The molecule has 61 heavy (non-hydrogen) atoms. The number of nitrogens with one attached hydrogen (secondary N) is 1. The van der Waals surface area contributed by atoms with Crippen LogP contribution in [-0.4, -0.2) is 16.2 Å². The first kappa shape index (κ1) is 35.2. The zero-order valence-corrected chi connectivity index (χ0v) is 33.6. The van der Waals surface area contributed by atoms with Crippen LogP contribution in [0.2, 0.25) is 0 Å². The van der Waals surface area contributed by atoms with E-state index in [1.165, 1.54) is 43.7 Å². The van der Waals surface area contributed by atoms with Crippen LogP contribution >= 0.6 is 0 Å². The van der Waals surface area contributed by atoms with Crippen LogP contribution in [0.15, 0.2) is 214 Å². The molecule has 0 radical (unpaired) electrons. The van der Waals surface area contributed by atoms with Gasteiger partial charge in [0.15, 0.2) is 6.17 Å². The molecule has 2 aromatic heterocycles. The van der Waals surface area contributed by atoms with Crippen molar-refractivity contribution >= 4 is 61.3 Å². The number of aromatic nitrogens is 1. The molecule has 5 nitrogen and oxygen atoms in total. The van der Waals surface area contributed by atoms with E-state index in [0.717, 1.165) is 61.8 Å². The van der Waals surface area contributed by atoms with Crippen molar-refractivity contribution in [2.75, 3.05) is 0 Å². The van der Waals surface area contributed by atoms with Crippen LogP contribution < -0.4 is 5.32 Å². The summed E-state index contributed by atoms with van der Waals surface area (Å²) in [5.41, 5.74) is 11.5. The Bertz CT molecular complexity index is 3430. The minimum Gasteiger partial charge on any atom is -0.456 e. The van der Waals surface area contributed by atoms with Crippen molar-refractivity contribution in [3.8, 4) is 22.3 Å². The van der Waals surface area contributed by atoms with Crippen molar-refractivity contribution < 1.29 is 4.42 Å². The highest BCUT2D eigenvalue weighted by Crippen LogP contribution is 2.49.